The molecule has 2 bridgehead atoms. The van der Waals surface area contributed by atoms with Crippen molar-refractivity contribution in [3.8, 4) is 0 Å². The van der Waals surface area contributed by atoms with Gasteiger partial charge in [-0.2, -0.15) is 0 Å². The molecule has 2 fully saturated rings. The van der Waals surface area contributed by atoms with E-state index in [9.17, 15) is 14.4 Å². The average Bonchev–Trinajstić information content (AvgIpc) is 2.86. The lowest BCUT2D eigenvalue weighted by Gasteiger charge is -2.43. The maximum Gasteiger partial charge on any atom is 0.238 e. The van der Waals surface area contributed by atoms with Gasteiger partial charge in [0, 0.05) is 22.4 Å². The third-order valence-electron chi connectivity index (χ3n) is 5.79. The molecule has 1 heterocycles. The van der Waals surface area contributed by atoms with Crippen LogP contribution in [0.4, 0.5) is 5.69 Å². The van der Waals surface area contributed by atoms with Crippen LogP contribution in [0.15, 0.2) is 42.5 Å². The van der Waals surface area contributed by atoms with Crippen LogP contribution in [0.2, 0.25) is 10.0 Å². The van der Waals surface area contributed by atoms with Crippen LogP contribution in [0.5, 0.6) is 0 Å². The normalized spacial score (nSPS) is 29.2. The van der Waals surface area contributed by atoms with Crippen LogP contribution in [-0.4, -0.2) is 17.6 Å². The van der Waals surface area contributed by atoms with Crippen molar-refractivity contribution < 1.29 is 14.4 Å². The minimum atomic E-state index is -0.638. The number of anilines is 1. The smallest absolute Gasteiger partial charge is 0.238 e. The maximum absolute atomic E-state index is 13.2. The Morgan fingerprint density at radius 2 is 1.46 bits per heavy atom. The molecule has 4 nitrogen and oxygen atoms in total. The molecule has 6 heteroatoms. The topological polar surface area (TPSA) is 54.5 Å². The Hall–Kier alpha value is -2.17. The molecular weight excluding hydrogens is 373 g/mol. The second-order valence-electron chi connectivity index (χ2n) is 7.07. The fourth-order valence-corrected chi connectivity index (χ4v) is 5.40. The van der Waals surface area contributed by atoms with E-state index in [1.807, 2.05) is 24.3 Å². The van der Waals surface area contributed by atoms with Gasteiger partial charge in [-0.15, -0.1) is 0 Å². The van der Waals surface area contributed by atoms with E-state index in [4.69, 9.17) is 23.2 Å². The Morgan fingerprint density at radius 3 is 2.15 bits per heavy atom. The number of ketones is 1. The molecule has 1 saturated carbocycles. The van der Waals surface area contributed by atoms with Gasteiger partial charge in [0.05, 0.1) is 23.4 Å². The van der Waals surface area contributed by atoms with Gasteiger partial charge in [-0.05, 0) is 29.3 Å². The van der Waals surface area contributed by atoms with Gasteiger partial charge in [0.2, 0.25) is 11.8 Å². The summed E-state index contributed by atoms with van der Waals surface area (Å²) in [6.07, 6.45) is 0.312. The van der Waals surface area contributed by atoms with Gasteiger partial charge in [0.15, 0.2) is 0 Å². The number of fused-ring (bicyclic) bond motifs is 1. The minimum absolute atomic E-state index is 0.0436. The Kier molecular flexibility index (Phi) is 3.34. The van der Waals surface area contributed by atoms with Gasteiger partial charge in [-0.1, -0.05) is 47.5 Å². The number of imide groups is 1. The second-order valence-corrected chi connectivity index (χ2v) is 7.95. The van der Waals surface area contributed by atoms with Gasteiger partial charge in [-0.3, -0.25) is 14.4 Å². The zero-order valence-corrected chi connectivity index (χ0v) is 15.0. The Bertz CT molecular complexity index is 982. The number of Topliss-reactive ketones (excluding diaryl/α,β-unsaturated/α-hetero) is 1. The summed E-state index contributed by atoms with van der Waals surface area (Å²) in [6.45, 7) is 0. The first-order valence-electron chi connectivity index (χ1n) is 8.43. The van der Waals surface area contributed by atoms with E-state index in [1.165, 1.54) is 0 Å². The number of carbonyl (C=O) groups excluding carboxylic acids is 3. The number of halogens is 2. The standard InChI is InChI=1S/C20H13Cl2NO3/c21-9-5-10(22)7-11(6-9)23-19(25)17-14-8-15(24)16(18(17)20(23)26)13-4-2-1-3-12(13)14/h1-7,14,16-18H,8H2/t14-,16-,17+,18-/m0/s1. The Labute approximate surface area is 159 Å². The highest BCUT2D eigenvalue weighted by Crippen LogP contribution is 2.57. The lowest BCUT2D eigenvalue weighted by molar-refractivity contribution is -0.134. The van der Waals surface area contributed by atoms with E-state index in [-0.39, 0.29) is 23.5 Å². The number of carbonyl (C=O) groups is 3. The lowest BCUT2D eigenvalue weighted by Crippen LogP contribution is -2.44. The van der Waals surface area contributed by atoms with Crippen molar-refractivity contribution in [3.63, 3.8) is 0 Å². The number of nitrogens with zero attached hydrogens (tertiary/aromatic N) is 1. The highest BCUT2D eigenvalue weighted by atomic mass is 35.5. The molecule has 0 unspecified atom stereocenters. The summed E-state index contributed by atoms with van der Waals surface area (Å²) in [5.74, 6) is -2.49. The number of hydrogen-bond donors (Lipinski definition) is 0. The van der Waals surface area contributed by atoms with Crippen LogP contribution in [0.3, 0.4) is 0 Å². The third-order valence-corrected chi connectivity index (χ3v) is 6.23. The zero-order chi connectivity index (χ0) is 18.2. The second kappa shape index (κ2) is 5.41. The molecule has 4 aliphatic rings. The highest BCUT2D eigenvalue weighted by Gasteiger charge is 2.62. The summed E-state index contributed by atoms with van der Waals surface area (Å²) in [5, 5.41) is 0.704. The number of hydrogen-bond acceptors (Lipinski definition) is 3. The molecule has 1 saturated heterocycles. The van der Waals surface area contributed by atoms with Crippen molar-refractivity contribution in [2.45, 2.75) is 18.3 Å². The van der Waals surface area contributed by atoms with Crippen LogP contribution in [0.25, 0.3) is 0 Å². The van der Waals surface area contributed by atoms with E-state index in [1.54, 1.807) is 18.2 Å². The average molecular weight is 386 g/mol. The van der Waals surface area contributed by atoms with E-state index >= 15 is 0 Å². The molecular formula is C20H13Cl2NO3. The molecule has 1 aliphatic heterocycles. The van der Waals surface area contributed by atoms with Crippen LogP contribution in [0.1, 0.15) is 29.4 Å². The molecule has 130 valence electrons. The van der Waals surface area contributed by atoms with E-state index in [0.717, 1.165) is 16.0 Å². The van der Waals surface area contributed by atoms with Crippen molar-refractivity contribution >= 4 is 46.5 Å². The van der Waals surface area contributed by atoms with E-state index < -0.39 is 17.8 Å². The summed E-state index contributed by atoms with van der Waals surface area (Å²) >= 11 is 12.1. The van der Waals surface area contributed by atoms with Gasteiger partial charge in [-0.25, -0.2) is 4.90 Å². The van der Waals surface area contributed by atoms with Crippen molar-refractivity contribution in [2.24, 2.45) is 11.8 Å². The van der Waals surface area contributed by atoms with E-state index in [2.05, 4.69) is 0 Å². The number of benzene rings is 2. The van der Waals surface area contributed by atoms with Crippen molar-refractivity contribution in [1.29, 1.82) is 0 Å². The van der Waals surface area contributed by atoms with Crippen LogP contribution >= 0.6 is 23.2 Å². The van der Waals surface area contributed by atoms with Gasteiger partial charge in [0.25, 0.3) is 0 Å². The summed E-state index contributed by atoms with van der Waals surface area (Å²) < 4.78 is 0. The van der Waals surface area contributed by atoms with Gasteiger partial charge >= 0.3 is 0 Å². The summed E-state index contributed by atoms with van der Waals surface area (Å²) in [6, 6.07) is 12.3. The van der Waals surface area contributed by atoms with Crippen molar-refractivity contribution in [1.82, 2.24) is 0 Å². The summed E-state index contributed by atoms with van der Waals surface area (Å²) in [4.78, 5) is 40.2. The quantitative estimate of drug-likeness (QED) is 0.698. The summed E-state index contributed by atoms with van der Waals surface area (Å²) in [7, 11) is 0. The summed E-state index contributed by atoms with van der Waals surface area (Å²) in [5.41, 5.74) is 2.27. The molecule has 0 radical (unpaired) electrons. The maximum atomic E-state index is 13.2. The molecule has 2 aromatic rings. The zero-order valence-electron chi connectivity index (χ0n) is 13.5. The molecule has 3 aliphatic carbocycles. The minimum Gasteiger partial charge on any atom is -0.299 e. The van der Waals surface area contributed by atoms with Crippen molar-refractivity contribution in [2.75, 3.05) is 4.90 Å². The van der Waals surface area contributed by atoms with Crippen LogP contribution in [-0.2, 0) is 14.4 Å². The molecule has 2 aromatic carbocycles. The monoisotopic (exact) mass is 385 g/mol. The van der Waals surface area contributed by atoms with Gasteiger partial charge in [0.1, 0.15) is 5.78 Å². The first-order valence-corrected chi connectivity index (χ1v) is 9.18. The fourth-order valence-electron chi connectivity index (χ4n) is 4.88. The van der Waals surface area contributed by atoms with Crippen LogP contribution < -0.4 is 4.90 Å². The molecule has 6 rings (SSSR count). The molecule has 0 spiro atoms. The van der Waals surface area contributed by atoms with Crippen molar-refractivity contribution in [3.05, 3.63) is 63.6 Å². The first kappa shape index (κ1) is 16.0. The molecule has 2 amide bonds. The molecule has 4 atom stereocenters. The van der Waals surface area contributed by atoms with E-state index in [0.29, 0.717) is 22.2 Å². The van der Waals surface area contributed by atoms with Gasteiger partial charge < -0.3 is 0 Å². The molecule has 0 N–H and O–H groups in total. The van der Waals surface area contributed by atoms with Crippen LogP contribution in [0, 0.1) is 11.8 Å². The molecule has 0 aromatic heterocycles. The lowest BCUT2D eigenvalue weighted by atomic mass is 9.56. The number of rotatable bonds is 1. The predicted octanol–water partition coefficient (Wildman–Crippen LogP) is 3.95. The SMILES string of the molecule is O=C1C[C@H]2c3ccccc3[C@@H]1[C@@H]1C(=O)N(c3cc(Cl)cc(Cl)c3)C(=O)[C@@H]12. The fraction of sp³-hybridized carbons (Fsp3) is 0.250. The first-order chi connectivity index (χ1) is 12.5. The predicted molar refractivity (Wildman–Crippen MR) is 97.5 cm³/mol. The molecule has 26 heavy (non-hydrogen) atoms. The highest BCUT2D eigenvalue weighted by molar-refractivity contribution is 6.36. The largest absolute Gasteiger partial charge is 0.299 e. The third kappa shape index (κ3) is 2.00. The number of amides is 2. The Morgan fingerprint density at radius 1 is 0.846 bits per heavy atom. The Balaban J connectivity index is 1.66.